The molecule has 5 aromatic rings. The smallest absolute Gasteiger partial charge is 0.0991 e. The zero-order valence-corrected chi connectivity index (χ0v) is 16.1. The van der Waals surface area contributed by atoms with E-state index in [4.69, 9.17) is 0 Å². The van der Waals surface area contributed by atoms with Gasteiger partial charge in [0.15, 0.2) is 0 Å². The highest BCUT2D eigenvalue weighted by molar-refractivity contribution is 6.21. The average molecular weight is 380 g/mol. The van der Waals surface area contributed by atoms with Crippen molar-refractivity contribution in [2.24, 2.45) is 0 Å². The molecule has 0 N–H and O–H groups in total. The van der Waals surface area contributed by atoms with Gasteiger partial charge in [0.1, 0.15) is 0 Å². The zero-order chi connectivity index (χ0) is 20.5. The van der Waals surface area contributed by atoms with Gasteiger partial charge in [0.25, 0.3) is 0 Å². The molecule has 0 fully saturated rings. The van der Waals surface area contributed by atoms with E-state index in [2.05, 4.69) is 60.7 Å². The van der Waals surface area contributed by atoms with E-state index >= 15 is 0 Å². The van der Waals surface area contributed by atoms with Crippen molar-refractivity contribution in [3.8, 4) is 34.4 Å². The third-order valence-corrected chi connectivity index (χ3v) is 5.54. The molecule has 5 aromatic carbocycles. The fourth-order valence-corrected chi connectivity index (χ4v) is 4.17. The summed E-state index contributed by atoms with van der Waals surface area (Å²) in [7, 11) is 0. The van der Waals surface area contributed by atoms with Crippen molar-refractivity contribution in [3.63, 3.8) is 0 Å². The Morgan fingerprint density at radius 1 is 0.400 bits per heavy atom. The van der Waals surface area contributed by atoms with Crippen molar-refractivity contribution >= 4 is 21.5 Å². The average Bonchev–Trinajstić information content (AvgIpc) is 2.82. The Morgan fingerprint density at radius 2 is 0.700 bits per heavy atom. The molecule has 0 heterocycles. The van der Waals surface area contributed by atoms with Crippen molar-refractivity contribution in [3.05, 3.63) is 108 Å². The van der Waals surface area contributed by atoms with Crippen molar-refractivity contribution in [1.29, 1.82) is 10.5 Å². The summed E-state index contributed by atoms with van der Waals surface area (Å²) in [5, 5.41) is 23.0. The molecular weight excluding hydrogens is 364 g/mol. The Balaban J connectivity index is 1.91. The minimum atomic E-state index is 0.654. The molecule has 0 unspecified atom stereocenters. The summed E-state index contributed by atoms with van der Waals surface area (Å²) in [4.78, 5) is 0. The van der Waals surface area contributed by atoms with E-state index in [0.717, 1.165) is 11.1 Å². The molecule has 0 aromatic heterocycles. The van der Waals surface area contributed by atoms with E-state index in [0.29, 0.717) is 11.1 Å². The van der Waals surface area contributed by atoms with Gasteiger partial charge in [-0.3, -0.25) is 0 Å². The minimum absolute atomic E-state index is 0.654. The molecule has 0 radical (unpaired) electrons. The molecule has 0 atom stereocenters. The van der Waals surface area contributed by atoms with Gasteiger partial charge in [0, 0.05) is 0 Å². The third kappa shape index (κ3) is 2.80. The number of nitriles is 2. The lowest BCUT2D eigenvalue weighted by atomic mass is 9.86. The monoisotopic (exact) mass is 380 g/mol. The Morgan fingerprint density at radius 3 is 0.967 bits per heavy atom. The quantitative estimate of drug-likeness (QED) is 0.307. The van der Waals surface area contributed by atoms with Gasteiger partial charge in [-0.2, -0.15) is 10.5 Å². The van der Waals surface area contributed by atoms with E-state index in [1.165, 1.54) is 32.7 Å². The largest absolute Gasteiger partial charge is 0.192 e. The predicted molar refractivity (Wildman–Crippen MR) is 122 cm³/mol. The Bertz CT molecular complexity index is 1310. The van der Waals surface area contributed by atoms with Gasteiger partial charge >= 0.3 is 0 Å². The van der Waals surface area contributed by atoms with Crippen molar-refractivity contribution < 1.29 is 0 Å². The zero-order valence-electron chi connectivity index (χ0n) is 16.1. The van der Waals surface area contributed by atoms with Crippen LogP contribution in [0.25, 0.3) is 43.8 Å². The maximum atomic E-state index is 9.17. The van der Waals surface area contributed by atoms with Crippen LogP contribution in [0.4, 0.5) is 0 Å². The van der Waals surface area contributed by atoms with Gasteiger partial charge in [0.05, 0.1) is 23.3 Å². The van der Waals surface area contributed by atoms with Gasteiger partial charge in [-0.15, -0.1) is 0 Å². The molecule has 0 bridgehead atoms. The molecule has 0 aliphatic rings. The lowest BCUT2D eigenvalue weighted by Gasteiger charge is -2.17. The van der Waals surface area contributed by atoms with Gasteiger partial charge in [0.2, 0.25) is 0 Å². The highest BCUT2D eigenvalue weighted by atomic mass is 14.2. The molecule has 0 aliphatic carbocycles. The van der Waals surface area contributed by atoms with Crippen LogP contribution in [-0.4, -0.2) is 0 Å². The highest BCUT2D eigenvalue weighted by Gasteiger charge is 2.16. The summed E-state index contributed by atoms with van der Waals surface area (Å²) in [5.74, 6) is 0. The fourth-order valence-electron chi connectivity index (χ4n) is 4.17. The van der Waals surface area contributed by atoms with Gasteiger partial charge in [-0.05, 0) is 68.1 Å². The molecule has 138 valence electrons. The molecular formula is C28H16N2. The standard InChI is InChI=1S/C28H16N2/c29-17-19-9-13-21(14-10-19)27-23-5-1-2-6-24(23)28(26-8-4-3-7-25(26)27)22-15-11-20(18-30)12-16-22/h1-16H. The van der Waals surface area contributed by atoms with E-state index in [1.807, 2.05) is 48.5 Å². The van der Waals surface area contributed by atoms with Crippen LogP contribution in [0.15, 0.2) is 97.1 Å². The molecule has 0 aliphatic heterocycles. The van der Waals surface area contributed by atoms with Crippen LogP contribution >= 0.6 is 0 Å². The molecule has 5 rings (SSSR count). The summed E-state index contributed by atoms with van der Waals surface area (Å²) in [6.45, 7) is 0. The number of fused-ring (bicyclic) bond motifs is 2. The summed E-state index contributed by atoms with van der Waals surface area (Å²) in [5.41, 5.74) is 5.83. The third-order valence-electron chi connectivity index (χ3n) is 5.54. The minimum Gasteiger partial charge on any atom is -0.192 e. The molecule has 0 spiro atoms. The first-order valence-corrected chi connectivity index (χ1v) is 9.74. The Hall–Kier alpha value is -4.40. The number of hydrogen-bond acceptors (Lipinski definition) is 2. The van der Waals surface area contributed by atoms with Crippen LogP contribution in [0.3, 0.4) is 0 Å². The molecule has 30 heavy (non-hydrogen) atoms. The van der Waals surface area contributed by atoms with Gasteiger partial charge in [-0.1, -0.05) is 72.8 Å². The summed E-state index contributed by atoms with van der Waals surface area (Å²) in [6.07, 6.45) is 0. The van der Waals surface area contributed by atoms with Crippen molar-refractivity contribution in [1.82, 2.24) is 0 Å². The summed E-state index contributed by atoms with van der Waals surface area (Å²) in [6, 6.07) is 36.8. The first-order valence-electron chi connectivity index (χ1n) is 9.74. The Labute approximate surface area is 174 Å². The maximum absolute atomic E-state index is 9.17. The van der Waals surface area contributed by atoms with Gasteiger partial charge in [-0.25, -0.2) is 0 Å². The Kier molecular flexibility index (Phi) is 4.25. The normalized spacial score (nSPS) is 10.6. The van der Waals surface area contributed by atoms with Crippen LogP contribution < -0.4 is 0 Å². The second kappa shape index (κ2) is 7.21. The molecule has 2 heteroatoms. The number of rotatable bonds is 2. The predicted octanol–water partition coefficient (Wildman–Crippen LogP) is 7.07. The first kappa shape index (κ1) is 17.7. The topological polar surface area (TPSA) is 47.6 Å². The first-order chi connectivity index (χ1) is 14.8. The molecule has 2 nitrogen and oxygen atoms in total. The SMILES string of the molecule is N#Cc1ccc(-c2c3ccccc3c(-c3ccc(C#N)cc3)c3ccccc23)cc1. The van der Waals surface area contributed by atoms with E-state index in [-0.39, 0.29) is 0 Å². The molecule has 0 saturated heterocycles. The summed E-state index contributed by atoms with van der Waals surface area (Å²) < 4.78 is 0. The number of benzene rings is 5. The van der Waals surface area contributed by atoms with Crippen LogP contribution in [0.1, 0.15) is 11.1 Å². The highest BCUT2D eigenvalue weighted by Crippen LogP contribution is 2.43. The maximum Gasteiger partial charge on any atom is 0.0991 e. The van der Waals surface area contributed by atoms with Crippen molar-refractivity contribution in [2.45, 2.75) is 0 Å². The number of nitrogens with zero attached hydrogens (tertiary/aromatic N) is 2. The van der Waals surface area contributed by atoms with Crippen LogP contribution in [0.5, 0.6) is 0 Å². The molecule has 0 saturated carbocycles. The second-order valence-corrected chi connectivity index (χ2v) is 7.22. The van der Waals surface area contributed by atoms with Crippen LogP contribution in [-0.2, 0) is 0 Å². The van der Waals surface area contributed by atoms with E-state index in [1.54, 1.807) is 0 Å². The van der Waals surface area contributed by atoms with Crippen molar-refractivity contribution in [2.75, 3.05) is 0 Å². The number of hydrogen-bond donors (Lipinski definition) is 0. The summed E-state index contributed by atoms with van der Waals surface area (Å²) >= 11 is 0. The fraction of sp³-hybridized carbons (Fsp3) is 0. The second-order valence-electron chi connectivity index (χ2n) is 7.22. The van der Waals surface area contributed by atoms with Crippen LogP contribution in [0.2, 0.25) is 0 Å². The lowest BCUT2D eigenvalue weighted by molar-refractivity contribution is 1.48. The lowest BCUT2D eigenvalue weighted by Crippen LogP contribution is -1.91. The van der Waals surface area contributed by atoms with E-state index < -0.39 is 0 Å². The van der Waals surface area contributed by atoms with Gasteiger partial charge < -0.3 is 0 Å². The van der Waals surface area contributed by atoms with Crippen LogP contribution in [0, 0.1) is 22.7 Å². The van der Waals surface area contributed by atoms with E-state index in [9.17, 15) is 10.5 Å². The molecule has 0 amide bonds.